The topological polar surface area (TPSA) is 85.2 Å². The van der Waals surface area contributed by atoms with E-state index in [-0.39, 0.29) is 28.4 Å². The van der Waals surface area contributed by atoms with Crippen molar-refractivity contribution in [1.82, 2.24) is 0 Å². The number of thioether (sulfide) groups is 1. The van der Waals surface area contributed by atoms with Crippen molar-refractivity contribution in [2.45, 2.75) is 46.6 Å². The molecule has 0 saturated heterocycles. The van der Waals surface area contributed by atoms with Crippen LogP contribution < -0.4 is 4.74 Å². The summed E-state index contributed by atoms with van der Waals surface area (Å²) in [4.78, 5) is 30.5. The number of aryl methyl sites for hydroxylation is 1. The summed E-state index contributed by atoms with van der Waals surface area (Å²) in [6.07, 6.45) is 1.71. The number of hydrogen-bond acceptors (Lipinski definition) is 6. The van der Waals surface area contributed by atoms with Gasteiger partial charge in [-0.3, -0.25) is 4.79 Å². The molecule has 1 aliphatic heterocycles. The van der Waals surface area contributed by atoms with Gasteiger partial charge in [-0.15, -0.1) is 0 Å². The fourth-order valence-electron chi connectivity index (χ4n) is 4.01. The zero-order valence-corrected chi connectivity index (χ0v) is 26.1. The van der Waals surface area contributed by atoms with Gasteiger partial charge in [0.15, 0.2) is 0 Å². The molecule has 0 aliphatic carbocycles. The van der Waals surface area contributed by atoms with Gasteiger partial charge < -0.3 is 14.6 Å². The maximum atomic E-state index is 13.1. The smallest absolute Gasteiger partial charge is 0.344 e. The first-order valence-corrected chi connectivity index (χ1v) is 14.8. The molecule has 3 aromatic rings. The molecule has 0 radical (unpaired) electrons. The molecule has 0 saturated carbocycles. The molecular weight excluding hydrogens is 602 g/mol. The Balaban J connectivity index is 1.66. The Morgan fingerprint density at radius 2 is 1.71 bits per heavy atom. The number of aliphatic imine (C=N–C) groups is 1. The Labute approximate surface area is 253 Å². The second kappa shape index (κ2) is 12.9. The molecule has 41 heavy (non-hydrogen) atoms. The number of nitrogens with zero attached hydrogens (tertiary/aromatic N) is 1. The predicted molar refractivity (Wildman–Crippen MR) is 168 cm³/mol. The molecule has 1 amide bonds. The Morgan fingerprint density at radius 3 is 2.34 bits per heavy atom. The minimum atomic E-state index is -0.749. The summed E-state index contributed by atoms with van der Waals surface area (Å²) in [5, 5.41) is 11.2. The molecule has 4 rings (SSSR count). The van der Waals surface area contributed by atoms with Gasteiger partial charge in [-0.2, -0.15) is 0 Å². The van der Waals surface area contributed by atoms with Crippen molar-refractivity contribution in [2.24, 2.45) is 4.99 Å². The first-order chi connectivity index (χ1) is 19.5. The highest BCUT2D eigenvalue weighted by molar-refractivity contribution is 9.10. The van der Waals surface area contributed by atoms with Gasteiger partial charge in [0, 0.05) is 15.6 Å². The van der Waals surface area contributed by atoms with Gasteiger partial charge in [-0.05, 0) is 66.8 Å². The van der Waals surface area contributed by atoms with Crippen molar-refractivity contribution < 1.29 is 24.2 Å². The number of hydrogen-bond donors (Lipinski definition) is 1. The van der Waals surface area contributed by atoms with E-state index in [1.807, 2.05) is 61.5 Å². The Morgan fingerprint density at radius 1 is 1.02 bits per heavy atom. The van der Waals surface area contributed by atoms with Gasteiger partial charge in [-0.1, -0.05) is 90.4 Å². The van der Waals surface area contributed by atoms with Crippen LogP contribution in [-0.4, -0.2) is 28.6 Å². The summed E-state index contributed by atoms with van der Waals surface area (Å²) < 4.78 is 12.1. The third kappa shape index (κ3) is 7.57. The van der Waals surface area contributed by atoms with Crippen LogP contribution in [0.4, 0.5) is 0 Å². The summed E-state index contributed by atoms with van der Waals surface area (Å²) in [6, 6.07) is 20.8. The van der Waals surface area contributed by atoms with Gasteiger partial charge in [0.05, 0.1) is 11.5 Å². The van der Waals surface area contributed by atoms with Gasteiger partial charge in [0.1, 0.15) is 28.7 Å². The molecule has 3 aromatic carbocycles. The number of ether oxygens (including phenoxy) is 2. The molecule has 1 heterocycles. The van der Waals surface area contributed by atoms with Crippen molar-refractivity contribution in [2.75, 3.05) is 6.61 Å². The monoisotopic (exact) mass is 633 g/mol. The van der Waals surface area contributed by atoms with Crippen LogP contribution in [0.1, 0.15) is 60.3 Å². The highest BCUT2D eigenvalue weighted by atomic mass is 79.9. The molecule has 0 atom stereocenters. The van der Waals surface area contributed by atoms with Gasteiger partial charge in [0.25, 0.3) is 5.91 Å². The second-order valence-corrected chi connectivity index (χ2v) is 12.5. The third-order valence-electron chi connectivity index (χ3n) is 6.34. The van der Waals surface area contributed by atoms with E-state index in [1.165, 1.54) is 5.56 Å². The van der Waals surface area contributed by atoms with E-state index in [1.54, 1.807) is 25.1 Å². The molecule has 6 nitrogen and oxygen atoms in total. The molecule has 0 spiro atoms. The van der Waals surface area contributed by atoms with E-state index in [0.29, 0.717) is 28.4 Å². The number of halogens is 1. The van der Waals surface area contributed by atoms with Crippen LogP contribution in [0.15, 0.2) is 92.4 Å². The van der Waals surface area contributed by atoms with Crippen LogP contribution >= 0.6 is 27.7 Å². The number of aliphatic hydroxyl groups excluding tert-OH is 1. The molecule has 1 N–H and O–H groups in total. The van der Waals surface area contributed by atoms with Gasteiger partial charge in [0.2, 0.25) is 0 Å². The Hall–Kier alpha value is -3.62. The zero-order valence-electron chi connectivity index (χ0n) is 23.7. The van der Waals surface area contributed by atoms with Gasteiger partial charge >= 0.3 is 5.97 Å². The number of carbonyl (C=O) groups is 2. The lowest BCUT2D eigenvalue weighted by Gasteiger charge is -2.18. The van der Waals surface area contributed by atoms with Crippen LogP contribution in [0, 0.1) is 6.92 Å². The summed E-state index contributed by atoms with van der Waals surface area (Å²) in [7, 11) is 0. The first kappa shape index (κ1) is 30.3. The molecule has 0 bridgehead atoms. The van der Waals surface area contributed by atoms with E-state index in [9.17, 15) is 14.7 Å². The minimum absolute atomic E-state index is 0.0603. The van der Waals surface area contributed by atoms with Crippen molar-refractivity contribution >= 4 is 50.7 Å². The molecular formula is C33H32BrNO5S. The van der Waals surface area contributed by atoms with Crippen molar-refractivity contribution in [1.29, 1.82) is 0 Å². The predicted octanol–water partition coefficient (Wildman–Crippen LogP) is 8.34. The number of carbonyl (C=O) groups excluding carboxylic acids is 2. The van der Waals surface area contributed by atoms with Crippen molar-refractivity contribution in [3.8, 4) is 5.75 Å². The summed E-state index contributed by atoms with van der Waals surface area (Å²) in [5.41, 5.74) is 4.12. The maximum Gasteiger partial charge on any atom is 0.344 e. The van der Waals surface area contributed by atoms with Crippen molar-refractivity contribution in [3.63, 3.8) is 0 Å². The van der Waals surface area contributed by atoms with Crippen LogP contribution in [-0.2, 0) is 21.6 Å². The highest BCUT2D eigenvalue weighted by Crippen LogP contribution is 2.41. The average Bonchev–Trinajstić information content (AvgIpc) is 3.22. The van der Waals surface area contributed by atoms with E-state index in [0.717, 1.165) is 27.4 Å². The van der Waals surface area contributed by atoms with Crippen molar-refractivity contribution in [3.05, 3.63) is 115 Å². The second-order valence-electron chi connectivity index (χ2n) is 10.6. The number of aliphatic hydroxyl groups is 1. The van der Waals surface area contributed by atoms with Crippen LogP contribution in [0.25, 0.3) is 6.08 Å². The first-order valence-electron chi connectivity index (χ1n) is 13.2. The standard InChI is InChI=1S/C33H32BrNO5S/c1-6-39-32(38)28-29(36)27(41-31(28)35-30(37)22-11-13-24(14-12-22)33(3,4)5)18-23-17-25(34)15-16-26(23)40-19-21-9-7-20(2)8-10-21/h7-18,36H,6,19H2,1-5H3/b27-18+,35-31?. The summed E-state index contributed by atoms with van der Waals surface area (Å²) in [6.45, 7) is 10.4. The van der Waals surface area contributed by atoms with E-state index < -0.39 is 11.9 Å². The van der Waals surface area contributed by atoms with Crippen LogP contribution in [0.2, 0.25) is 0 Å². The maximum absolute atomic E-state index is 13.1. The summed E-state index contributed by atoms with van der Waals surface area (Å²) >= 11 is 4.53. The lowest BCUT2D eigenvalue weighted by atomic mass is 9.87. The lowest BCUT2D eigenvalue weighted by Crippen LogP contribution is -2.14. The molecule has 1 aliphatic rings. The molecule has 0 unspecified atom stereocenters. The van der Waals surface area contributed by atoms with E-state index in [4.69, 9.17) is 9.47 Å². The van der Waals surface area contributed by atoms with Crippen LogP contribution in [0.5, 0.6) is 5.75 Å². The lowest BCUT2D eigenvalue weighted by molar-refractivity contribution is -0.138. The number of benzene rings is 3. The highest BCUT2D eigenvalue weighted by Gasteiger charge is 2.34. The SMILES string of the molecule is CCOC(=O)C1=C(O)/C(=C\c2cc(Br)ccc2OCc2ccc(C)cc2)SC1=NC(=O)c1ccc(C(C)(C)C)cc1. The molecule has 0 fully saturated rings. The number of rotatable bonds is 7. The molecule has 212 valence electrons. The Kier molecular flexibility index (Phi) is 9.56. The molecule has 8 heteroatoms. The third-order valence-corrected chi connectivity index (χ3v) is 7.86. The van der Waals surface area contributed by atoms with Gasteiger partial charge in [-0.25, -0.2) is 9.79 Å². The fraction of sp³-hybridized carbons (Fsp3) is 0.242. The zero-order chi connectivity index (χ0) is 29.7. The van der Waals surface area contributed by atoms with E-state index in [2.05, 4.69) is 41.7 Å². The fourth-order valence-corrected chi connectivity index (χ4v) is 5.39. The number of esters is 1. The quantitative estimate of drug-likeness (QED) is 0.263. The normalized spacial score (nSPS) is 15.5. The minimum Gasteiger partial charge on any atom is -0.506 e. The Bertz CT molecular complexity index is 1550. The largest absolute Gasteiger partial charge is 0.506 e. The molecule has 0 aromatic heterocycles. The summed E-state index contributed by atoms with van der Waals surface area (Å²) in [5.74, 6) is -0.977. The van der Waals surface area contributed by atoms with E-state index >= 15 is 0 Å². The number of amides is 1. The average molecular weight is 635 g/mol. The van der Waals surface area contributed by atoms with Crippen LogP contribution in [0.3, 0.4) is 0 Å².